The fraction of sp³-hybridized carbons (Fsp3) is 0.636. The standard InChI is InChI=1S/C11H14O3/c1-2-11-6-9(12)4-3-8(11)5-10(13)14-7-11/h2,8H,1,3-7H2/t8-,11+/m1/s1. The quantitative estimate of drug-likeness (QED) is 0.469. The Labute approximate surface area is 83.1 Å². The van der Waals surface area contributed by atoms with Crippen LogP contribution >= 0.6 is 0 Å². The smallest absolute Gasteiger partial charge is 0.306 e. The maximum absolute atomic E-state index is 11.4. The Morgan fingerprint density at radius 2 is 2.29 bits per heavy atom. The number of hydrogen-bond donors (Lipinski definition) is 0. The van der Waals surface area contributed by atoms with Crippen molar-refractivity contribution in [3.05, 3.63) is 12.7 Å². The van der Waals surface area contributed by atoms with Crippen molar-refractivity contribution >= 4 is 11.8 Å². The van der Waals surface area contributed by atoms with E-state index in [1.54, 1.807) is 6.08 Å². The molecule has 0 aromatic carbocycles. The molecule has 2 aliphatic rings. The summed E-state index contributed by atoms with van der Waals surface area (Å²) in [4.78, 5) is 22.5. The predicted molar refractivity (Wildman–Crippen MR) is 50.6 cm³/mol. The molecule has 1 saturated carbocycles. The van der Waals surface area contributed by atoms with E-state index >= 15 is 0 Å². The zero-order valence-electron chi connectivity index (χ0n) is 8.12. The number of Topliss-reactive ketones (excluding diaryl/α,β-unsaturated/α-hetero) is 1. The zero-order valence-corrected chi connectivity index (χ0v) is 8.12. The van der Waals surface area contributed by atoms with Gasteiger partial charge >= 0.3 is 5.97 Å². The number of ketones is 1. The van der Waals surface area contributed by atoms with E-state index in [1.807, 2.05) is 0 Å². The van der Waals surface area contributed by atoms with Crippen LogP contribution in [0.5, 0.6) is 0 Å². The number of carbonyl (C=O) groups is 2. The summed E-state index contributed by atoms with van der Waals surface area (Å²) in [6.07, 6.45) is 4.16. The minimum absolute atomic E-state index is 0.137. The van der Waals surface area contributed by atoms with E-state index in [0.717, 1.165) is 6.42 Å². The van der Waals surface area contributed by atoms with E-state index in [9.17, 15) is 9.59 Å². The molecule has 2 atom stereocenters. The van der Waals surface area contributed by atoms with E-state index < -0.39 is 0 Å². The highest BCUT2D eigenvalue weighted by atomic mass is 16.5. The second-order valence-electron chi connectivity index (χ2n) is 4.25. The number of esters is 1. The normalized spacial score (nSPS) is 37.3. The molecule has 0 aromatic heterocycles. The number of fused-ring (bicyclic) bond motifs is 1. The molecular formula is C11H14O3. The Kier molecular flexibility index (Phi) is 2.17. The lowest BCUT2D eigenvalue weighted by atomic mass is 9.64. The zero-order chi connectivity index (χ0) is 10.2. The summed E-state index contributed by atoms with van der Waals surface area (Å²) in [6.45, 7) is 4.11. The number of cyclic esters (lactones) is 1. The van der Waals surface area contributed by atoms with Crippen molar-refractivity contribution < 1.29 is 14.3 Å². The van der Waals surface area contributed by atoms with Gasteiger partial charge in [0.25, 0.3) is 0 Å². The molecule has 0 amide bonds. The average molecular weight is 194 g/mol. The van der Waals surface area contributed by atoms with Crippen LogP contribution in [0.15, 0.2) is 12.7 Å². The van der Waals surface area contributed by atoms with Crippen LogP contribution < -0.4 is 0 Å². The minimum Gasteiger partial charge on any atom is -0.465 e. The summed E-state index contributed by atoms with van der Waals surface area (Å²) in [5.41, 5.74) is -0.261. The van der Waals surface area contributed by atoms with Crippen LogP contribution in [0.1, 0.15) is 25.7 Å². The molecule has 1 saturated heterocycles. The van der Waals surface area contributed by atoms with Crippen molar-refractivity contribution in [1.29, 1.82) is 0 Å². The highest BCUT2D eigenvalue weighted by molar-refractivity contribution is 5.81. The van der Waals surface area contributed by atoms with E-state index in [1.165, 1.54) is 0 Å². The van der Waals surface area contributed by atoms with Gasteiger partial charge in [-0.3, -0.25) is 9.59 Å². The van der Waals surface area contributed by atoms with Gasteiger partial charge in [0.05, 0.1) is 0 Å². The molecule has 1 aliphatic carbocycles. The highest BCUT2D eigenvalue weighted by Crippen LogP contribution is 2.45. The first-order chi connectivity index (χ1) is 6.66. The van der Waals surface area contributed by atoms with Crippen molar-refractivity contribution in [1.82, 2.24) is 0 Å². The third kappa shape index (κ3) is 1.37. The summed E-state index contributed by atoms with van der Waals surface area (Å²) in [7, 11) is 0. The van der Waals surface area contributed by atoms with Gasteiger partial charge in [0.15, 0.2) is 0 Å². The van der Waals surface area contributed by atoms with Crippen LogP contribution in [0.25, 0.3) is 0 Å². The van der Waals surface area contributed by atoms with Gasteiger partial charge in [-0.15, -0.1) is 6.58 Å². The van der Waals surface area contributed by atoms with Crippen molar-refractivity contribution in [3.8, 4) is 0 Å². The van der Waals surface area contributed by atoms with Crippen LogP contribution in [0.3, 0.4) is 0 Å². The summed E-state index contributed by atoms with van der Waals surface area (Å²) >= 11 is 0. The van der Waals surface area contributed by atoms with Gasteiger partial charge < -0.3 is 4.74 Å². The fourth-order valence-electron chi connectivity index (χ4n) is 2.47. The Morgan fingerprint density at radius 3 is 3.00 bits per heavy atom. The molecule has 1 heterocycles. The van der Waals surface area contributed by atoms with Crippen LogP contribution in [0, 0.1) is 11.3 Å². The fourth-order valence-corrected chi connectivity index (χ4v) is 2.47. The van der Waals surface area contributed by atoms with E-state index in [4.69, 9.17) is 4.74 Å². The summed E-state index contributed by atoms with van der Waals surface area (Å²) in [6, 6.07) is 0. The molecule has 3 heteroatoms. The molecular weight excluding hydrogens is 180 g/mol. The molecule has 2 fully saturated rings. The molecule has 14 heavy (non-hydrogen) atoms. The maximum Gasteiger partial charge on any atom is 0.306 e. The molecule has 0 bridgehead atoms. The third-order valence-corrected chi connectivity index (χ3v) is 3.43. The van der Waals surface area contributed by atoms with Crippen LogP contribution in [0.2, 0.25) is 0 Å². The lowest BCUT2D eigenvalue weighted by Crippen LogP contribution is -2.45. The largest absolute Gasteiger partial charge is 0.465 e. The van der Waals surface area contributed by atoms with Gasteiger partial charge in [-0.25, -0.2) is 0 Å². The molecule has 0 unspecified atom stereocenters. The second kappa shape index (κ2) is 3.23. The van der Waals surface area contributed by atoms with Crippen molar-refractivity contribution in [3.63, 3.8) is 0 Å². The van der Waals surface area contributed by atoms with Crippen LogP contribution in [0.4, 0.5) is 0 Å². The highest BCUT2D eigenvalue weighted by Gasteiger charge is 2.46. The maximum atomic E-state index is 11.4. The topological polar surface area (TPSA) is 43.4 Å². The summed E-state index contributed by atoms with van der Waals surface area (Å²) < 4.78 is 5.03. The lowest BCUT2D eigenvalue weighted by molar-refractivity contribution is -0.161. The van der Waals surface area contributed by atoms with Gasteiger partial charge in [0.1, 0.15) is 12.4 Å². The SMILES string of the molecule is C=C[C@]12COC(=O)C[C@H]1CCC(=O)C2. The van der Waals surface area contributed by atoms with Crippen molar-refractivity contribution in [2.45, 2.75) is 25.7 Å². The first kappa shape index (κ1) is 9.44. The number of hydrogen-bond acceptors (Lipinski definition) is 3. The van der Waals surface area contributed by atoms with Gasteiger partial charge in [-0.1, -0.05) is 6.08 Å². The first-order valence-electron chi connectivity index (χ1n) is 4.97. The predicted octanol–water partition coefficient (Wildman–Crippen LogP) is 1.47. The number of ether oxygens (including phenoxy) is 1. The average Bonchev–Trinajstić information content (AvgIpc) is 2.19. The Hall–Kier alpha value is -1.12. The van der Waals surface area contributed by atoms with Gasteiger partial charge in [-0.2, -0.15) is 0 Å². The summed E-state index contributed by atoms with van der Waals surface area (Å²) in [5.74, 6) is 0.389. The van der Waals surface area contributed by atoms with Crippen LogP contribution in [-0.4, -0.2) is 18.4 Å². The van der Waals surface area contributed by atoms with Crippen molar-refractivity contribution in [2.75, 3.05) is 6.61 Å². The molecule has 3 nitrogen and oxygen atoms in total. The molecule has 76 valence electrons. The molecule has 0 aromatic rings. The molecule has 0 spiro atoms. The Morgan fingerprint density at radius 1 is 1.50 bits per heavy atom. The lowest BCUT2D eigenvalue weighted by Gasteiger charge is -2.43. The monoisotopic (exact) mass is 194 g/mol. The number of rotatable bonds is 1. The third-order valence-electron chi connectivity index (χ3n) is 3.43. The molecule has 0 N–H and O–H groups in total. The van der Waals surface area contributed by atoms with Crippen molar-refractivity contribution in [2.24, 2.45) is 11.3 Å². The van der Waals surface area contributed by atoms with Gasteiger partial charge in [-0.05, 0) is 12.3 Å². The molecule has 0 radical (unpaired) electrons. The van der Waals surface area contributed by atoms with Gasteiger partial charge in [0.2, 0.25) is 0 Å². The molecule has 2 rings (SSSR count). The summed E-state index contributed by atoms with van der Waals surface area (Å²) in [5, 5.41) is 0. The Balaban J connectivity index is 2.23. The Bertz CT molecular complexity index is 295. The minimum atomic E-state index is -0.261. The second-order valence-corrected chi connectivity index (χ2v) is 4.25. The van der Waals surface area contributed by atoms with E-state index in [0.29, 0.717) is 25.9 Å². The number of carbonyl (C=O) groups excluding carboxylic acids is 2. The molecule has 1 aliphatic heterocycles. The van der Waals surface area contributed by atoms with E-state index in [2.05, 4.69) is 6.58 Å². The van der Waals surface area contributed by atoms with Gasteiger partial charge in [0, 0.05) is 24.7 Å². The van der Waals surface area contributed by atoms with E-state index in [-0.39, 0.29) is 23.1 Å². The van der Waals surface area contributed by atoms with Crippen LogP contribution in [-0.2, 0) is 14.3 Å². The first-order valence-corrected chi connectivity index (χ1v) is 4.97.